The van der Waals surface area contributed by atoms with Crippen molar-refractivity contribution in [1.82, 2.24) is 9.88 Å². The van der Waals surface area contributed by atoms with Gasteiger partial charge in [0.1, 0.15) is 5.82 Å². The molecule has 2 aliphatic rings. The molecular formula is C18H27N3OS. The zero-order valence-electron chi connectivity index (χ0n) is 14.0. The van der Waals surface area contributed by atoms with E-state index < -0.39 is 0 Å². The maximum atomic E-state index is 12.8. The Morgan fingerprint density at radius 1 is 1.26 bits per heavy atom. The van der Waals surface area contributed by atoms with Gasteiger partial charge in [0.25, 0.3) is 5.91 Å². The van der Waals surface area contributed by atoms with Gasteiger partial charge in [-0.25, -0.2) is 4.98 Å². The lowest BCUT2D eigenvalue weighted by atomic mass is 9.95. The number of hydrogen-bond donors (Lipinski definition) is 1. The smallest absolute Gasteiger partial charge is 0.257 e. The highest BCUT2D eigenvalue weighted by Gasteiger charge is 2.25. The molecule has 2 atom stereocenters. The van der Waals surface area contributed by atoms with E-state index >= 15 is 0 Å². The second kappa shape index (κ2) is 8.04. The van der Waals surface area contributed by atoms with E-state index in [2.05, 4.69) is 16.6 Å². The summed E-state index contributed by atoms with van der Waals surface area (Å²) < 4.78 is 0. The fraction of sp³-hybridized carbons (Fsp3) is 0.667. The molecule has 4 nitrogen and oxygen atoms in total. The van der Waals surface area contributed by atoms with Crippen LogP contribution in [0, 0.1) is 0 Å². The molecule has 2 fully saturated rings. The van der Waals surface area contributed by atoms with Gasteiger partial charge in [-0.2, -0.15) is 11.8 Å². The van der Waals surface area contributed by atoms with Crippen LogP contribution in [0.25, 0.3) is 0 Å². The molecule has 23 heavy (non-hydrogen) atoms. The predicted molar refractivity (Wildman–Crippen MR) is 97.2 cm³/mol. The molecule has 0 aromatic carbocycles. The number of rotatable bonds is 4. The van der Waals surface area contributed by atoms with E-state index in [1.807, 2.05) is 28.8 Å². The molecule has 1 aromatic rings. The third-order valence-electron chi connectivity index (χ3n) is 4.98. The van der Waals surface area contributed by atoms with Crippen molar-refractivity contribution in [3.8, 4) is 0 Å². The van der Waals surface area contributed by atoms with Gasteiger partial charge >= 0.3 is 0 Å². The Balaban J connectivity index is 1.71. The first-order valence-electron chi connectivity index (χ1n) is 8.81. The van der Waals surface area contributed by atoms with Crippen molar-refractivity contribution in [3.05, 3.63) is 23.9 Å². The SMILES string of the molecule is CSC1CCCC(Nc2ncccc2C(=O)N2CCCCC2)C1. The minimum absolute atomic E-state index is 0.137. The molecule has 1 aliphatic carbocycles. The van der Waals surface area contributed by atoms with Crippen molar-refractivity contribution < 1.29 is 4.79 Å². The van der Waals surface area contributed by atoms with Crippen LogP contribution in [-0.2, 0) is 0 Å². The highest BCUT2D eigenvalue weighted by molar-refractivity contribution is 7.99. The van der Waals surface area contributed by atoms with Gasteiger partial charge in [-0.15, -0.1) is 0 Å². The molecule has 1 amide bonds. The molecule has 126 valence electrons. The molecule has 1 N–H and O–H groups in total. The maximum Gasteiger partial charge on any atom is 0.257 e. The highest BCUT2D eigenvalue weighted by Crippen LogP contribution is 2.29. The molecule has 1 aliphatic heterocycles. The molecule has 1 saturated carbocycles. The summed E-state index contributed by atoms with van der Waals surface area (Å²) in [6, 6.07) is 4.22. The van der Waals surface area contributed by atoms with Crippen LogP contribution in [0.3, 0.4) is 0 Å². The number of nitrogens with zero attached hydrogens (tertiary/aromatic N) is 2. The Morgan fingerprint density at radius 2 is 2.09 bits per heavy atom. The van der Waals surface area contributed by atoms with Gasteiger partial charge in [-0.3, -0.25) is 4.79 Å². The first-order valence-corrected chi connectivity index (χ1v) is 10.1. The van der Waals surface area contributed by atoms with Gasteiger partial charge in [0.05, 0.1) is 5.56 Å². The van der Waals surface area contributed by atoms with Crippen molar-refractivity contribution in [1.29, 1.82) is 0 Å². The van der Waals surface area contributed by atoms with Crippen molar-refractivity contribution in [3.63, 3.8) is 0 Å². The molecule has 0 bridgehead atoms. The van der Waals surface area contributed by atoms with Crippen molar-refractivity contribution in [2.45, 2.75) is 56.2 Å². The Hall–Kier alpha value is -1.23. The van der Waals surface area contributed by atoms with Gasteiger partial charge in [0, 0.05) is 30.6 Å². The summed E-state index contributed by atoms with van der Waals surface area (Å²) >= 11 is 1.96. The molecule has 0 spiro atoms. The second-order valence-electron chi connectivity index (χ2n) is 6.62. The number of anilines is 1. The van der Waals surface area contributed by atoms with Gasteiger partial charge in [0.2, 0.25) is 0 Å². The molecule has 2 unspecified atom stereocenters. The summed E-state index contributed by atoms with van der Waals surface area (Å²) in [7, 11) is 0. The lowest BCUT2D eigenvalue weighted by Crippen LogP contribution is -2.36. The number of amides is 1. The van der Waals surface area contributed by atoms with E-state index in [1.54, 1.807) is 6.20 Å². The Morgan fingerprint density at radius 3 is 2.87 bits per heavy atom. The Labute approximate surface area is 143 Å². The lowest BCUT2D eigenvalue weighted by Gasteiger charge is -2.30. The predicted octanol–water partition coefficient (Wildman–Crippen LogP) is 3.79. The summed E-state index contributed by atoms with van der Waals surface area (Å²) in [6.45, 7) is 1.76. The van der Waals surface area contributed by atoms with Crippen LogP contribution < -0.4 is 5.32 Å². The van der Waals surface area contributed by atoms with Gasteiger partial charge in [-0.05, 0) is 56.9 Å². The number of thioether (sulfide) groups is 1. The van der Waals surface area contributed by atoms with Crippen molar-refractivity contribution in [2.24, 2.45) is 0 Å². The monoisotopic (exact) mass is 333 g/mol. The molecule has 1 aromatic heterocycles. The highest BCUT2D eigenvalue weighted by atomic mass is 32.2. The number of hydrogen-bond acceptors (Lipinski definition) is 4. The molecule has 2 heterocycles. The molecule has 3 rings (SSSR count). The zero-order chi connectivity index (χ0) is 16.1. The number of likely N-dealkylation sites (tertiary alicyclic amines) is 1. The van der Waals surface area contributed by atoms with Crippen LogP contribution in [-0.4, -0.2) is 46.4 Å². The lowest BCUT2D eigenvalue weighted by molar-refractivity contribution is 0.0725. The normalized spacial score (nSPS) is 25.2. The summed E-state index contributed by atoms with van der Waals surface area (Å²) in [4.78, 5) is 19.3. The fourth-order valence-corrected chi connectivity index (χ4v) is 4.47. The molecule has 1 saturated heterocycles. The maximum absolute atomic E-state index is 12.8. The average molecular weight is 334 g/mol. The van der Waals surface area contributed by atoms with E-state index in [1.165, 1.54) is 25.7 Å². The third kappa shape index (κ3) is 4.19. The Bertz CT molecular complexity index is 531. The first kappa shape index (κ1) is 16.6. The minimum Gasteiger partial charge on any atom is -0.367 e. The van der Waals surface area contributed by atoms with Gasteiger partial charge < -0.3 is 10.2 Å². The van der Waals surface area contributed by atoms with Gasteiger partial charge in [-0.1, -0.05) is 6.42 Å². The summed E-state index contributed by atoms with van der Waals surface area (Å²) in [5.74, 6) is 0.910. The van der Waals surface area contributed by atoms with Crippen LogP contribution in [0.4, 0.5) is 5.82 Å². The van der Waals surface area contributed by atoms with E-state index in [-0.39, 0.29) is 5.91 Å². The van der Waals surface area contributed by atoms with Crippen LogP contribution in [0.5, 0.6) is 0 Å². The van der Waals surface area contributed by atoms with Crippen LogP contribution in [0.15, 0.2) is 18.3 Å². The third-order valence-corrected chi connectivity index (χ3v) is 6.08. The zero-order valence-corrected chi connectivity index (χ0v) is 14.8. The summed E-state index contributed by atoms with van der Waals surface area (Å²) in [6.07, 6.45) is 12.3. The molecule has 0 radical (unpaired) electrons. The Kier molecular flexibility index (Phi) is 5.81. The number of pyridine rings is 1. The average Bonchev–Trinajstić information content (AvgIpc) is 2.62. The van der Waals surface area contributed by atoms with Crippen LogP contribution >= 0.6 is 11.8 Å². The quantitative estimate of drug-likeness (QED) is 0.910. The van der Waals surface area contributed by atoms with E-state index in [0.29, 0.717) is 6.04 Å². The van der Waals surface area contributed by atoms with E-state index in [9.17, 15) is 4.79 Å². The number of carbonyl (C=O) groups is 1. The van der Waals surface area contributed by atoms with Crippen LogP contribution in [0.1, 0.15) is 55.3 Å². The van der Waals surface area contributed by atoms with Crippen LogP contribution in [0.2, 0.25) is 0 Å². The fourth-order valence-electron chi connectivity index (χ4n) is 3.64. The molecule has 5 heteroatoms. The second-order valence-corrected chi connectivity index (χ2v) is 7.76. The molecular weight excluding hydrogens is 306 g/mol. The number of aromatic nitrogens is 1. The standard InChI is InChI=1S/C18H27N3OS/c1-23-15-8-5-7-14(13-15)20-17-16(9-6-10-19-17)18(22)21-11-3-2-4-12-21/h6,9-10,14-15H,2-5,7-8,11-13H2,1H3,(H,19,20). The number of carbonyl (C=O) groups excluding carboxylic acids is 1. The topological polar surface area (TPSA) is 45.2 Å². The number of piperidine rings is 1. The van der Waals surface area contributed by atoms with E-state index in [4.69, 9.17) is 0 Å². The van der Waals surface area contributed by atoms with Crippen molar-refractivity contribution in [2.75, 3.05) is 24.7 Å². The number of nitrogens with one attached hydrogen (secondary N) is 1. The minimum atomic E-state index is 0.137. The first-order chi connectivity index (χ1) is 11.3. The summed E-state index contributed by atoms with van der Waals surface area (Å²) in [5, 5.41) is 4.29. The summed E-state index contributed by atoms with van der Waals surface area (Å²) in [5.41, 5.74) is 0.737. The van der Waals surface area contributed by atoms with Gasteiger partial charge in [0.15, 0.2) is 0 Å². The van der Waals surface area contributed by atoms with Crippen molar-refractivity contribution >= 4 is 23.5 Å². The largest absolute Gasteiger partial charge is 0.367 e. The van der Waals surface area contributed by atoms with E-state index in [0.717, 1.165) is 49.0 Å².